The smallest absolute Gasteiger partial charge is 0.132 e. The molecule has 0 bridgehead atoms. The number of aryl methyl sites for hydroxylation is 1. The van der Waals surface area contributed by atoms with Gasteiger partial charge < -0.3 is 10.4 Å². The third-order valence-corrected chi connectivity index (χ3v) is 4.11. The maximum absolute atomic E-state index is 13.9. The first-order chi connectivity index (χ1) is 11.4. The summed E-state index contributed by atoms with van der Waals surface area (Å²) in [5.41, 5.74) is 1.28. The van der Waals surface area contributed by atoms with Crippen molar-refractivity contribution in [3.63, 3.8) is 0 Å². The van der Waals surface area contributed by atoms with Gasteiger partial charge in [-0.15, -0.1) is 0 Å². The maximum Gasteiger partial charge on any atom is 0.132 e. The Bertz CT molecular complexity index is 894. The van der Waals surface area contributed by atoms with Gasteiger partial charge in [-0.2, -0.15) is 0 Å². The van der Waals surface area contributed by atoms with Crippen LogP contribution in [0.4, 0.5) is 14.5 Å². The molecule has 124 valence electrons. The minimum absolute atomic E-state index is 0.0472. The fourth-order valence-electron chi connectivity index (χ4n) is 2.77. The molecule has 0 aliphatic rings. The molecule has 1 aromatic heterocycles. The second kappa shape index (κ2) is 6.17. The van der Waals surface area contributed by atoms with Crippen LogP contribution in [0.2, 0.25) is 0 Å². The van der Waals surface area contributed by atoms with Crippen LogP contribution in [-0.2, 0) is 5.60 Å². The number of fused-ring (bicyclic) bond motifs is 1. The molecule has 1 atom stereocenters. The number of nitrogens with one attached hydrogen (secondary N) is 1. The average molecular weight is 328 g/mol. The highest BCUT2D eigenvalue weighted by Crippen LogP contribution is 2.28. The molecule has 0 fully saturated rings. The SMILES string of the molecule is Cc1cccc2c(NCC(C)(O)c3ccc(F)cc3F)ccnc12. The number of halogens is 2. The summed E-state index contributed by atoms with van der Waals surface area (Å²) in [5, 5.41) is 14.7. The Balaban J connectivity index is 1.89. The molecule has 3 nitrogen and oxygen atoms in total. The van der Waals surface area contributed by atoms with Crippen LogP contribution < -0.4 is 5.32 Å². The van der Waals surface area contributed by atoms with Gasteiger partial charge in [0.25, 0.3) is 0 Å². The molecule has 2 aromatic carbocycles. The van der Waals surface area contributed by atoms with E-state index in [0.717, 1.165) is 34.3 Å². The van der Waals surface area contributed by atoms with Gasteiger partial charge in [0.1, 0.15) is 17.2 Å². The first kappa shape index (κ1) is 16.3. The highest BCUT2D eigenvalue weighted by molar-refractivity contribution is 5.92. The third-order valence-electron chi connectivity index (χ3n) is 4.11. The fourth-order valence-corrected chi connectivity index (χ4v) is 2.77. The number of aromatic nitrogens is 1. The molecule has 1 unspecified atom stereocenters. The largest absolute Gasteiger partial charge is 0.383 e. The molecule has 0 saturated carbocycles. The summed E-state index contributed by atoms with van der Waals surface area (Å²) in [4.78, 5) is 4.36. The number of benzene rings is 2. The van der Waals surface area contributed by atoms with E-state index in [1.807, 2.05) is 25.1 Å². The Kier molecular flexibility index (Phi) is 4.20. The summed E-state index contributed by atoms with van der Waals surface area (Å²) in [6.45, 7) is 3.54. The average Bonchev–Trinajstić information content (AvgIpc) is 2.53. The van der Waals surface area contributed by atoms with Crippen molar-refractivity contribution in [2.24, 2.45) is 0 Å². The molecule has 0 amide bonds. The monoisotopic (exact) mass is 328 g/mol. The topological polar surface area (TPSA) is 45.1 Å². The van der Waals surface area contributed by atoms with E-state index in [0.29, 0.717) is 0 Å². The van der Waals surface area contributed by atoms with Gasteiger partial charge in [0.15, 0.2) is 0 Å². The number of pyridine rings is 1. The van der Waals surface area contributed by atoms with Gasteiger partial charge in [0.2, 0.25) is 0 Å². The minimum Gasteiger partial charge on any atom is -0.383 e. The Morgan fingerprint density at radius 1 is 1.17 bits per heavy atom. The zero-order chi connectivity index (χ0) is 17.3. The van der Waals surface area contributed by atoms with E-state index in [1.165, 1.54) is 13.0 Å². The van der Waals surface area contributed by atoms with E-state index < -0.39 is 17.2 Å². The van der Waals surface area contributed by atoms with Crippen LogP contribution in [0.25, 0.3) is 10.9 Å². The van der Waals surface area contributed by atoms with E-state index >= 15 is 0 Å². The zero-order valence-corrected chi connectivity index (χ0v) is 13.5. The molecular formula is C19H18F2N2O. The third kappa shape index (κ3) is 3.08. The second-order valence-corrected chi connectivity index (χ2v) is 6.08. The predicted octanol–water partition coefficient (Wildman–Crippen LogP) is 4.14. The Hall–Kier alpha value is -2.53. The molecule has 2 N–H and O–H groups in total. The van der Waals surface area contributed by atoms with Gasteiger partial charge in [-0.25, -0.2) is 8.78 Å². The van der Waals surface area contributed by atoms with Crippen molar-refractivity contribution >= 4 is 16.6 Å². The van der Waals surface area contributed by atoms with Crippen LogP contribution in [0.5, 0.6) is 0 Å². The van der Waals surface area contributed by atoms with E-state index in [9.17, 15) is 13.9 Å². The molecule has 0 saturated heterocycles. The molecular weight excluding hydrogens is 310 g/mol. The number of rotatable bonds is 4. The Labute approximate surface area is 139 Å². The van der Waals surface area contributed by atoms with Crippen molar-refractivity contribution in [1.82, 2.24) is 4.98 Å². The lowest BCUT2D eigenvalue weighted by molar-refractivity contribution is 0.0675. The molecule has 3 rings (SSSR count). The van der Waals surface area contributed by atoms with E-state index in [1.54, 1.807) is 12.3 Å². The van der Waals surface area contributed by atoms with Crippen LogP contribution in [0, 0.1) is 18.6 Å². The lowest BCUT2D eigenvalue weighted by Crippen LogP contribution is -2.32. The van der Waals surface area contributed by atoms with E-state index in [2.05, 4.69) is 10.3 Å². The molecule has 0 aliphatic heterocycles. The molecule has 5 heteroatoms. The summed E-state index contributed by atoms with van der Waals surface area (Å²) >= 11 is 0. The molecule has 0 aliphatic carbocycles. The summed E-state index contributed by atoms with van der Waals surface area (Å²) in [6, 6.07) is 10.8. The van der Waals surface area contributed by atoms with E-state index in [-0.39, 0.29) is 12.1 Å². The lowest BCUT2D eigenvalue weighted by Gasteiger charge is -2.25. The van der Waals surface area contributed by atoms with Gasteiger partial charge in [0.05, 0.1) is 5.52 Å². The first-order valence-electron chi connectivity index (χ1n) is 7.64. The number of aliphatic hydroxyl groups is 1. The minimum atomic E-state index is -1.49. The van der Waals surface area contributed by atoms with Crippen molar-refractivity contribution in [3.05, 3.63) is 71.4 Å². The molecule has 24 heavy (non-hydrogen) atoms. The highest BCUT2D eigenvalue weighted by Gasteiger charge is 2.27. The molecule has 0 spiro atoms. The standard InChI is InChI=1S/C19H18F2N2O/c1-12-4-3-5-14-17(8-9-22-18(12)14)23-11-19(2,24)15-7-6-13(20)10-16(15)21/h3-10,24H,11H2,1-2H3,(H,22,23). The number of anilines is 1. The van der Waals surface area contributed by atoms with Crippen LogP contribution in [-0.4, -0.2) is 16.6 Å². The first-order valence-corrected chi connectivity index (χ1v) is 7.64. The van der Waals surface area contributed by atoms with Crippen molar-refractivity contribution in [3.8, 4) is 0 Å². The molecule has 1 heterocycles. The number of hydrogen-bond donors (Lipinski definition) is 2. The van der Waals surface area contributed by atoms with E-state index in [4.69, 9.17) is 0 Å². The van der Waals surface area contributed by atoms with Crippen LogP contribution in [0.1, 0.15) is 18.1 Å². The zero-order valence-electron chi connectivity index (χ0n) is 13.5. The fraction of sp³-hybridized carbons (Fsp3) is 0.211. The van der Waals surface area contributed by atoms with Gasteiger partial charge in [0, 0.05) is 35.4 Å². The molecule has 0 radical (unpaired) electrons. The lowest BCUT2D eigenvalue weighted by atomic mass is 9.95. The highest BCUT2D eigenvalue weighted by atomic mass is 19.1. The van der Waals surface area contributed by atoms with Crippen LogP contribution in [0.15, 0.2) is 48.7 Å². The summed E-state index contributed by atoms with van der Waals surface area (Å²) in [5.74, 6) is -1.44. The normalized spacial score (nSPS) is 13.7. The second-order valence-electron chi connectivity index (χ2n) is 6.08. The number of para-hydroxylation sites is 1. The van der Waals surface area contributed by atoms with Gasteiger partial charge >= 0.3 is 0 Å². The van der Waals surface area contributed by atoms with Gasteiger partial charge in [-0.05, 0) is 31.5 Å². The van der Waals surface area contributed by atoms with Crippen molar-refractivity contribution in [1.29, 1.82) is 0 Å². The van der Waals surface area contributed by atoms with Crippen LogP contribution >= 0.6 is 0 Å². The maximum atomic E-state index is 13.9. The summed E-state index contributed by atoms with van der Waals surface area (Å²) < 4.78 is 27.0. The van der Waals surface area contributed by atoms with Crippen molar-refractivity contribution < 1.29 is 13.9 Å². The predicted molar refractivity (Wildman–Crippen MR) is 90.9 cm³/mol. The molecule has 3 aromatic rings. The quantitative estimate of drug-likeness (QED) is 0.756. The van der Waals surface area contributed by atoms with Crippen molar-refractivity contribution in [2.45, 2.75) is 19.4 Å². The van der Waals surface area contributed by atoms with Crippen molar-refractivity contribution in [2.75, 3.05) is 11.9 Å². The van der Waals surface area contributed by atoms with Crippen LogP contribution in [0.3, 0.4) is 0 Å². The summed E-state index contributed by atoms with van der Waals surface area (Å²) in [7, 11) is 0. The number of nitrogens with zero attached hydrogens (tertiary/aromatic N) is 1. The summed E-state index contributed by atoms with van der Waals surface area (Å²) in [6.07, 6.45) is 1.69. The Morgan fingerprint density at radius 2 is 1.96 bits per heavy atom. The van der Waals surface area contributed by atoms with Gasteiger partial charge in [-0.3, -0.25) is 4.98 Å². The van der Waals surface area contributed by atoms with Gasteiger partial charge in [-0.1, -0.05) is 24.3 Å². The number of hydrogen-bond acceptors (Lipinski definition) is 3. The Morgan fingerprint density at radius 3 is 2.71 bits per heavy atom.